The van der Waals surface area contributed by atoms with Crippen LogP contribution in [0.3, 0.4) is 0 Å². The summed E-state index contributed by atoms with van der Waals surface area (Å²) < 4.78 is 0. The summed E-state index contributed by atoms with van der Waals surface area (Å²) >= 11 is 0. The van der Waals surface area contributed by atoms with Gasteiger partial charge in [0.1, 0.15) is 0 Å². The highest BCUT2D eigenvalue weighted by Gasteiger charge is 1.95. The van der Waals surface area contributed by atoms with Crippen LogP contribution in [0.2, 0.25) is 0 Å². The van der Waals surface area contributed by atoms with Crippen molar-refractivity contribution in [3.8, 4) is 0 Å². The largest absolute Gasteiger partial charge is 0.481 e. The fourth-order valence-electron chi connectivity index (χ4n) is 2.05. The maximum Gasteiger partial charge on any atom is 0.303 e. The molecule has 4 heteroatoms. The molecule has 0 unspecified atom stereocenters. The molecule has 0 radical (unpaired) electrons. The molecule has 0 aromatic carbocycles. The van der Waals surface area contributed by atoms with Crippen molar-refractivity contribution in [1.82, 2.24) is 0 Å². The van der Waals surface area contributed by atoms with Crippen molar-refractivity contribution < 1.29 is 19.8 Å². The van der Waals surface area contributed by atoms with E-state index in [-0.39, 0.29) is 6.42 Å². The Morgan fingerprint density at radius 2 is 1.29 bits per heavy atom. The Balaban J connectivity index is 0. The van der Waals surface area contributed by atoms with Gasteiger partial charge in [-0.05, 0) is 38.5 Å². The van der Waals surface area contributed by atoms with E-state index in [1.165, 1.54) is 32.1 Å². The predicted molar refractivity (Wildman–Crippen MR) is 100 cm³/mol. The predicted octanol–water partition coefficient (Wildman–Crippen LogP) is 5.98. The maximum absolute atomic E-state index is 10.1. The molecule has 0 amide bonds. The molecule has 0 fully saturated rings. The van der Waals surface area contributed by atoms with Crippen LogP contribution in [0.25, 0.3) is 0 Å². The van der Waals surface area contributed by atoms with Crippen molar-refractivity contribution in [3.63, 3.8) is 0 Å². The van der Waals surface area contributed by atoms with Gasteiger partial charge in [0.2, 0.25) is 0 Å². The van der Waals surface area contributed by atoms with E-state index in [4.69, 9.17) is 10.2 Å². The van der Waals surface area contributed by atoms with Crippen LogP contribution >= 0.6 is 0 Å². The minimum atomic E-state index is -0.715. The van der Waals surface area contributed by atoms with Crippen LogP contribution in [0.15, 0.2) is 24.8 Å². The molecule has 140 valence electrons. The summed E-state index contributed by atoms with van der Waals surface area (Å²) in [7, 11) is 0. The van der Waals surface area contributed by atoms with Crippen LogP contribution in [0.1, 0.15) is 90.4 Å². The quantitative estimate of drug-likeness (QED) is 0.284. The lowest BCUT2D eigenvalue weighted by atomic mass is 10.1. The fourth-order valence-corrected chi connectivity index (χ4v) is 2.05. The third-order valence-corrected chi connectivity index (χ3v) is 3.46. The van der Waals surface area contributed by atoms with E-state index in [0.29, 0.717) is 12.8 Å². The first kappa shape index (κ1) is 24.7. The lowest BCUT2D eigenvalue weighted by Gasteiger charge is -1.97. The van der Waals surface area contributed by atoms with E-state index in [1.54, 1.807) is 0 Å². The average Bonchev–Trinajstić information content (AvgIpc) is 2.53. The summed E-state index contributed by atoms with van der Waals surface area (Å²) in [5, 5.41) is 16.7. The normalized spacial score (nSPS) is 10.2. The molecule has 0 aromatic rings. The van der Waals surface area contributed by atoms with E-state index in [2.05, 4.69) is 19.6 Å². The van der Waals surface area contributed by atoms with Crippen molar-refractivity contribution in [1.29, 1.82) is 0 Å². The Morgan fingerprint density at radius 3 is 1.88 bits per heavy atom. The number of hydrogen-bond donors (Lipinski definition) is 2. The molecule has 0 rings (SSSR count). The zero-order valence-corrected chi connectivity index (χ0v) is 15.3. The Kier molecular flexibility index (Phi) is 22.0. The van der Waals surface area contributed by atoms with Gasteiger partial charge < -0.3 is 10.2 Å². The summed E-state index contributed by atoms with van der Waals surface area (Å²) in [6.07, 6.45) is 18.5. The van der Waals surface area contributed by atoms with Crippen LogP contribution in [-0.4, -0.2) is 22.2 Å². The van der Waals surface area contributed by atoms with Crippen LogP contribution in [0, 0.1) is 0 Å². The monoisotopic (exact) mass is 340 g/mol. The first-order valence-corrected chi connectivity index (χ1v) is 9.24. The van der Waals surface area contributed by atoms with Gasteiger partial charge in [0.05, 0.1) is 0 Å². The molecule has 0 saturated heterocycles. The fraction of sp³-hybridized carbons (Fsp3) is 0.700. The van der Waals surface area contributed by atoms with E-state index in [0.717, 1.165) is 32.1 Å². The molecule has 0 heterocycles. The number of aliphatic carboxylic acids is 2. The van der Waals surface area contributed by atoms with Gasteiger partial charge in [0, 0.05) is 12.8 Å². The molecule has 0 aromatic heterocycles. The van der Waals surface area contributed by atoms with Gasteiger partial charge in [-0.3, -0.25) is 9.59 Å². The maximum atomic E-state index is 10.1. The van der Waals surface area contributed by atoms with Crippen molar-refractivity contribution in [3.05, 3.63) is 24.8 Å². The minimum absolute atomic E-state index is 0.254. The van der Waals surface area contributed by atoms with Crippen molar-refractivity contribution >= 4 is 11.9 Å². The van der Waals surface area contributed by atoms with Crippen LogP contribution < -0.4 is 0 Å². The van der Waals surface area contributed by atoms with Gasteiger partial charge in [0.15, 0.2) is 0 Å². The van der Waals surface area contributed by atoms with E-state index < -0.39 is 11.9 Å². The standard InChI is InChI=1S/2C10H18O2/c2*1-2-3-4-5-6-7-8-9-10(11)12/h6-7H,2-5,8-9H2,1H3,(H,11,12);2H,1,3-9H2,(H,11,12). The molecule has 0 spiro atoms. The number of carboxylic acids is 2. The molecule has 0 aliphatic rings. The number of hydrogen-bond acceptors (Lipinski definition) is 2. The highest BCUT2D eigenvalue weighted by atomic mass is 16.4. The lowest BCUT2D eigenvalue weighted by Crippen LogP contribution is -1.93. The minimum Gasteiger partial charge on any atom is -0.481 e. The zero-order chi connectivity index (χ0) is 18.5. The van der Waals surface area contributed by atoms with E-state index in [1.807, 2.05) is 12.2 Å². The first-order valence-electron chi connectivity index (χ1n) is 9.24. The second-order valence-corrected chi connectivity index (χ2v) is 5.89. The summed E-state index contributed by atoms with van der Waals surface area (Å²) in [6.45, 7) is 5.81. The summed E-state index contributed by atoms with van der Waals surface area (Å²) in [4.78, 5) is 20.2. The topological polar surface area (TPSA) is 74.6 Å². The summed E-state index contributed by atoms with van der Waals surface area (Å²) in [5.41, 5.74) is 0. The highest BCUT2D eigenvalue weighted by molar-refractivity contribution is 5.66. The first-order chi connectivity index (χ1) is 11.5. The van der Waals surface area contributed by atoms with E-state index >= 15 is 0 Å². The molecule has 0 saturated carbocycles. The molecule has 0 atom stereocenters. The van der Waals surface area contributed by atoms with Crippen LogP contribution in [0.5, 0.6) is 0 Å². The molecule has 0 bridgehead atoms. The SMILES string of the molecule is C=CCCCCCCCC(=O)O.CCCCCC=CCCC(=O)O. The van der Waals surface area contributed by atoms with Gasteiger partial charge >= 0.3 is 11.9 Å². The highest BCUT2D eigenvalue weighted by Crippen LogP contribution is 2.07. The van der Waals surface area contributed by atoms with Gasteiger partial charge in [-0.25, -0.2) is 0 Å². The van der Waals surface area contributed by atoms with E-state index in [9.17, 15) is 9.59 Å². The second kappa shape index (κ2) is 21.4. The molecular formula is C20H36O4. The summed E-state index contributed by atoms with van der Waals surface area (Å²) in [6, 6.07) is 0. The van der Waals surface area contributed by atoms with Crippen LogP contribution in [-0.2, 0) is 9.59 Å². The van der Waals surface area contributed by atoms with Crippen molar-refractivity contribution in [2.75, 3.05) is 0 Å². The molecule has 2 N–H and O–H groups in total. The third-order valence-electron chi connectivity index (χ3n) is 3.46. The average molecular weight is 341 g/mol. The lowest BCUT2D eigenvalue weighted by molar-refractivity contribution is -0.138. The number of carboxylic acid groups (broad SMARTS) is 2. The Hall–Kier alpha value is -1.58. The molecule has 0 aliphatic carbocycles. The van der Waals surface area contributed by atoms with Crippen molar-refractivity contribution in [2.24, 2.45) is 0 Å². The smallest absolute Gasteiger partial charge is 0.303 e. The third kappa shape index (κ3) is 28.6. The number of unbranched alkanes of at least 4 members (excludes halogenated alkanes) is 8. The van der Waals surface area contributed by atoms with Gasteiger partial charge in [-0.15, -0.1) is 6.58 Å². The number of carbonyl (C=O) groups is 2. The van der Waals surface area contributed by atoms with Gasteiger partial charge in [-0.1, -0.05) is 57.3 Å². The van der Waals surface area contributed by atoms with Gasteiger partial charge in [0.25, 0.3) is 0 Å². The second-order valence-electron chi connectivity index (χ2n) is 5.89. The van der Waals surface area contributed by atoms with Crippen molar-refractivity contribution in [2.45, 2.75) is 90.4 Å². The molecular weight excluding hydrogens is 304 g/mol. The van der Waals surface area contributed by atoms with Crippen LogP contribution in [0.4, 0.5) is 0 Å². The number of rotatable bonds is 15. The molecule has 24 heavy (non-hydrogen) atoms. The molecule has 0 aliphatic heterocycles. The Bertz CT molecular complexity index is 335. The van der Waals surface area contributed by atoms with Gasteiger partial charge in [-0.2, -0.15) is 0 Å². The number of allylic oxidation sites excluding steroid dienone is 3. The Labute approximate surface area is 147 Å². The summed E-state index contributed by atoms with van der Waals surface area (Å²) in [5.74, 6) is -1.39. The molecule has 4 nitrogen and oxygen atoms in total. The zero-order valence-electron chi connectivity index (χ0n) is 15.3. The Morgan fingerprint density at radius 1 is 0.750 bits per heavy atom.